The molecule has 0 N–H and O–H groups in total. The highest BCUT2D eigenvalue weighted by atomic mass is 32.2. The van der Waals surface area contributed by atoms with Gasteiger partial charge in [-0.1, -0.05) is 12.1 Å². The van der Waals surface area contributed by atoms with Gasteiger partial charge in [0.25, 0.3) is 0 Å². The number of hydrogen-bond acceptors (Lipinski definition) is 4. The lowest BCUT2D eigenvalue weighted by Gasteiger charge is -2.34. The van der Waals surface area contributed by atoms with E-state index in [1.165, 1.54) is 23.9 Å². The summed E-state index contributed by atoms with van der Waals surface area (Å²) in [6.45, 7) is 3.21. The summed E-state index contributed by atoms with van der Waals surface area (Å²) in [5.41, 5.74) is 0.855. The van der Waals surface area contributed by atoms with Crippen LogP contribution in [-0.2, 0) is 9.59 Å². The Morgan fingerprint density at radius 1 is 1.22 bits per heavy atom. The summed E-state index contributed by atoms with van der Waals surface area (Å²) in [7, 11) is 2.03. The molecule has 1 aromatic rings. The van der Waals surface area contributed by atoms with Crippen LogP contribution in [-0.4, -0.2) is 72.0 Å². The smallest absolute Gasteiger partial charge is 0.242 e. The highest BCUT2D eigenvalue weighted by Gasteiger charge is 2.35. The zero-order chi connectivity index (χ0) is 16.4. The van der Waals surface area contributed by atoms with E-state index in [1.807, 2.05) is 11.9 Å². The standard InChI is InChI=1S/C16H20FN3O2S/c1-18-6-8-19(9-7-18)14(21)10-20-15(22)11-23-16(20)12-2-4-13(17)5-3-12/h2-5,16H,6-11H2,1H3/t16-/m1/s1. The molecular weight excluding hydrogens is 317 g/mol. The van der Waals surface area contributed by atoms with Crippen LogP contribution in [0, 0.1) is 5.82 Å². The Morgan fingerprint density at radius 3 is 2.52 bits per heavy atom. The van der Waals surface area contributed by atoms with Crippen molar-refractivity contribution >= 4 is 23.6 Å². The summed E-state index contributed by atoms with van der Waals surface area (Å²) in [5.74, 6) is 0.00826. The number of piperazine rings is 1. The molecule has 124 valence electrons. The van der Waals surface area contributed by atoms with Gasteiger partial charge in [0.05, 0.1) is 5.75 Å². The summed E-state index contributed by atoms with van der Waals surface area (Å²) in [6, 6.07) is 6.14. The Kier molecular flexibility index (Phi) is 4.87. The lowest BCUT2D eigenvalue weighted by Crippen LogP contribution is -2.50. The number of rotatable bonds is 3. The molecule has 0 radical (unpaired) electrons. The van der Waals surface area contributed by atoms with E-state index in [-0.39, 0.29) is 29.6 Å². The molecule has 2 heterocycles. The summed E-state index contributed by atoms with van der Waals surface area (Å²) in [5, 5.41) is -0.209. The molecule has 5 nitrogen and oxygen atoms in total. The number of benzene rings is 1. The van der Waals surface area contributed by atoms with E-state index in [0.717, 1.165) is 18.7 Å². The molecule has 0 aromatic heterocycles. The van der Waals surface area contributed by atoms with E-state index in [4.69, 9.17) is 0 Å². The van der Waals surface area contributed by atoms with E-state index in [1.54, 1.807) is 17.0 Å². The van der Waals surface area contributed by atoms with E-state index in [2.05, 4.69) is 4.90 Å². The lowest BCUT2D eigenvalue weighted by molar-refractivity contribution is -0.140. The van der Waals surface area contributed by atoms with Crippen LogP contribution in [0.25, 0.3) is 0 Å². The lowest BCUT2D eigenvalue weighted by atomic mass is 10.2. The van der Waals surface area contributed by atoms with Crippen LogP contribution in [0.5, 0.6) is 0 Å². The number of carbonyl (C=O) groups is 2. The zero-order valence-electron chi connectivity index (χ0n) is 13.1. The second-order valence-corrected chi connectivity index (χ2v) is 6.99. The predicted octanol–water partition coefficient (Wildman–Crippen LogP) is 1.17. The number of likely N-dealkylation sites (N-methyl/N-ethyl adjacent to an activating group) is 1. The van der Waals surface area contributed by atoms with E-state index in [0.29, 0.717) is 18.8 Å². The number of hydrogen-bond donors (Lipinski definition) is 0. The molecule has 2 aliphatic rings. The molecule has 0 saturated carbocycles. The van der Waals surface area contributed by atoms with Crippen molar-refractivity contribution in [2.45, 2.75) is 5.37 Å². The van der Waals surface area contributed by atoms with Crippen molar-refractivity contribution in [1.29, 1.82) is 0 Å². The first-order chi connectivity index (χ1) is 11.0. The van der Waals surface area contributed by atoms with Crippen molar-refractivity contribution in [3.63, 3.8) is 0 Å². The minimum Gasteiger partial charge on any atom is -0.339 e. The minimum atomic E-state index is -0.303. The first kappa shape index (κ1) is 16.3. The van der Waals surface area contributed by atoms with E-state index < -0.39 is 0 Å². The normalized spacial score (nSPS) is 22.7. The Bertz CT molecular complexity index is 587. The molecule has 0 unspecified atom stereocenters. The molecule has 1 atom stereocenters. The van der Waals surface area contributed by atoms with E-state index >= 15 is 0 Å². The Hall–Kier alpha value is -1.60. The quantitative estimate of drug-likeness (QED) is 0.831. The molecule has 0 aliphatic carbocycles. The van der Waals surface area contributed by atoms with Gasteiger partial charge in [0.15, 0.2) is 0 Å². The first-order valence-electron chi connectivity index (χ1n) is 7.67. The fourth-order valence-corrected chi connectivity index (χ4v) is 4.02. The molecule has 1 aromatic carbocycles. The number of halogens is 1. The van der Waals surface area contributed by atoms with Gasteiger partial charge in [-0.25, -0.2) is 4.39 Å². The van der Waals surface area contributed by atoms with Crippen molar-refractivity contribution < 1.29 is 14.0 Å². The Labute approximate surface area is 139 Å². The number of amides is 2. The van der Waals surface area contributed by atoms with Crippen LogP contribution < -0.4 is 0 Å². The van der Waals surface area contributed by atoms with Crippen LogP contribution in [0.15, 0.2) is 24.3 Å². The topological polar surface area (TPSA) is 43.9 Å². The Balaban J connectivity index is 1.68. The van der Waals surface area contributed by atoms with Crippen molar-refractivity contribution in [2.75, 3.05) is 45.5 Å². The molecule has 0 spiro atoms. The van der Waals surface area contributed by atoms with Gasteiger partial charge in [0.2, 0.25) is 11.8 Å². The largest absolute Gasteiger partial charge is 0.339 e. The van der Waals surface area contributed by atoms with Gasteiger partial charge < -0.3 is 14.7 Å². The fraction of sp³-hybridized carbons (Fsp3) is 0.500. The third-order valence-electron chi connectivity index (χ3n) is 4.28. The monoisotopic (exact) mass is 337 g/mol. The fourth-order valence-electron chi connectivity index (χ4n) is 2.83. The number of nitrogens with zero attached hydrogens (tertiary/aromatic N) is 3. The van der Waals surface area contributed by atoms with Gasteiger partial charge in [0, 0.05) is 26.2 Å². The SMILES string of the molecule is CN1CCN(C(=O)CN2C(=O)CS[C@@H]2c2ccc(F)cc2)CC1. The van der Waals surface area contributed by atoms with Crippen LogP contribution in [0.2, 0.25) is 0 Å². The summed E-state index contributed by atoms with van der Waals surface area (Å²) in [6.07, 6.45) is 0. The molecule has 2 saturated heterocycles. The highest BCUT2D eigenvalue weighted by molar-refractivity contribution is 8.00. The average Bonchev–Trinajstić information content (AvgIpc) is 2.90. The highest BCUT2D eigenvalue weighted by Crippen LogP contribution is 2.38. The maximum absolute atomic E-state index is 13.1. The minimum absolute atomic E-state index is 0.0129. The van der Waals surface area contributed by atoms with Crippen molar-refractivity contribution in [3.8, 4) is 0 Å². The summed E-state index contributed by atoms with van der Waals surface area (Å²) >= 11 is 1.48. The molecule has 2 fully saturated rings. The second kappa shape index (κ2) is 6.88. The van der Waals surface area contributed by atoms with Crippen LogP contribution >= 0.6 is 11.8 Å². The molecule has 7 heteroatoms. The molecule has 2 aliphatic heterocycles. The third-order valence-corrected chi connectivity index (χ3v) is 5.54. The molecule has 2 amide bonds. The second-order valence-electron chi connectivity index (χ2n) is 5.92. The van der Waals surface area contributed by atoms with Crippen LogP contribution in [0.4, 0.5) is 4.39 Å². The number of carbonyl (C=O) groups excluding carboxylic acids is 2. The predicted molar refractivity (Wildman–Crippen MR) is 87.4 cm³/mol. The summed E-state index contributed by atoms with van der Waals surface area (Å²) in [4.78, 5) is 30.2. The van der Waals surface area contributed by atoms with Crippen molar-refractivity contribution in [3.05, 3.63) is 35.6 Å². The Morgan fingerprint density at radius 2 is 1.87 bits per heavy atom. The average molecular weight is 337 g/mol. The van der Waals surface area contributed by atoms with Gasteiger partial charge in [-0.2, -0.15) is 0 Å². The third kappa shape index (κ3) is 3.67. The van der Waals surface area contributed by atoms with E-state index in [9.17, 15) is 14.0 Å². The first-order valence-corrected chi connectivity index (χ1v) is 8.72. The zero-order valence-corrected chi connectivity index (χ0v) is 13.9. The molecule has 23 heavy (non-hydrogen) atoms. The van der Waals surface area contributed by atoms with Crippen molar-refractivity contribution in [1.82, 2.24) is 14.7 Å². The van der Waals surface area contributed by atoms with Crippen LogP contribution in [0.1, 0.15) is 10.9 Å². The summed E-state index contributed by atoms with van der Waals surface area (Å²) < 4.78 is 13.1. The molecule has 3 rings (SSSR count). The van der Waals surface area contributed by atoms with Gasteiger partial charge >= 0.3 is 0 Å². The maximum Gasteiger partial charge on any atom is 0.242 e. The van der Waals surface area contributed by atoms with Gasteiger partial charge in [-0.15, -0.1) is 11.8 Å². The molecular formula is C16H20FN3O2S. The van der Waals surface area contributed by atoms with Gasteiger partial charge in [-0.3, -0.25) is 9.59 Å². The van der Waals surface area contributed by atoms with Gasteiger partial charge in [-0.05, 0) is 24.7 Å². The van der Waals surface area contributed by atoms with Crippen LogP contribution in [0.3, 0.4) is 0 Å². The number of thioether (sulfide) groups is 1. The van der Waals surface area contributed by atoms with Crippen molar-refractivity contribution in [2.24, 2.45) is 0 Å². The molecule has 0 bridgehead atoms. The van der Waals surface area contributed by atoms with Gasteiger partial charge in [0.1, 0.15) is 17.7 Å². The maximum atomic E-state index is 13.1.